The largest absolute Gasteiger partial charge is 0.379 e. The van der Waals surface area contributed by atoms with Crippen molar-refractivity contribution in [3.8, 4) is 0 Å². The average molecular weight is 294 g/mol. The quantitative estimate of drug-likeness (QED) is 0.638. The Kier molecular flexibility index (Phi) is 7.36. The molecule has 1 aromatic rings. The number of ether oxygens (including phenoxy) is 2. The average Bonchev–Trinajstić information content (AvgIpc) is 2.47. The van der Waals surface area contributed by atoms with E-state index >= 15 is 0 Å². The van der Waals surface area contributed by atoms with E-state index in [0.29, 0.717) is 25.7 Å². The van der Waals surface area contributed by atoms with Gasteiger partial charge in [-0.2, -0.15) is 0 Å². The minimum Gasteiger partial charge on any atom is -0.379 e. The van der Waals surface area contributed by atoms with Crippen LogP contribution in [0.4, 0.5) is 0 Å². The van der Waals surface area contributed by atoms with Crippen molar-refractivity contribution >= 4 is 5.91 Å². The van der Waals surface area contributed by atoms with Crippen molar-refractivity contribution in [2.24, 2.45) is 11.7 Å². The highest BCUT2D eigenvalue weighted by molar-refractivity contribution is 5.86. The summed E-state index contributed by atoms with van der Waals surface area (Å²) in [6.45, 7) is 6.00. The fourth-order valence-corrected chi connectivity index (χ4v) is 2.02. The van der Waals surface area contributed by atoms with Gasteiger partial charge in [0.1, 0.15) is 5.54 Å². The molecule has 5 heteroatoms. The van der Waals surface area contributed by atoms with E-state index in [1.54, 1.807) is 7.05 Å². The van der Waals surface area contributed by atoms with Gasteiger partial charge in [-0.15, -0.1) is 0 Å². The van der Waals surface area contributed by atoms with Gasteiger partial charge in [-0.05, 0) is 18.5 Å². The van der Waals surface area contributed by atoms with Crippen molar-refractivity contribution < 1.29 is 14.3 Å². The summed E-state index contributed by atoms with van der Waals surface area (Å²) in [6.07, 6.45) is 0. The summed E-state index contributed by atoms with van der Waals surface area (Å²) in [5.41, 5.74) is 5.36. The summed E-state index contributed by atoms with van der Waals surface area (Å²) >= 11 is 0. The predicted octanol–water partition coefficient (Wildman–Crippen LogP) is 1.28. The van der Waals surface area contributed by atoms with Gasteiger partial charge in [0.15, 0.2) is 0 Å². The molecule has 0 spiro atoms. The molecule has 1 aromatic carbocycles. The molecular formula is C16H26N2O3. The molecule has 0 radical (unpaired) electrons. The summed E-state index contributed by atoms with van der Waals surface area (Å²) in [6, 6.07) is 9.36. The minimum atomic E-state index is -1.01. The first-order chi connectivity index (χ1) is 10.0. The molecule has 0 fully saturated rings. The van der Waals surface area contributed by atoms with Gasteiger partial charge in [0.05, 0.1) is 19.8 Å². The van der Waals surface area contributed by atoms with Crippen LogP contribution in [0.25, 0.3) is 0 Å². The zero-order chi connectivity index (χ0) is 15.7. The number of likely N-dealkylation sites (N-methyl/N-ethyl adjacent to an activating group) is 1. The van der Waals surface area contributed by atoms with Crippen LogP contribution >= 0.6 is 0 Å². The third-order valence-electron chi connectivity index (χ3n) is 3.26. The van der Waals surface area contributed by atoms with Crippen molar-refractivity contribution in [3.63, 3.8) is 0 Å². The molecule has 0 bridgehead atoms. The standard InChI is InChI=1S/C16H26N2O3/c1-13(2)11-20-9-10-21-12-16(18-3,15(17)19)14-7-5-4-6-8-14/h4-8,13,18H,9-12H2,1-3H3,(H2,17,19). The third-order valence-corrected chi connectivity index (χ3v) is 3.26. The number of primary amides is 1. The van der Waals surface area contributed by atoms with E-state index in [4.69, 9.17) is 15.2 Å². The van der Waals surface area contributed by atoms with E-state index in [1.807, 2.05) is 30.3 Å². The first-order valence-electron chi connectivity index (χ1n) is 7.22. The molecule has 0 aliphatic rings. The minimum absolute atomic E-state index is 0.174. The van der Waals surface area contributed by atoms with E-state index in [-0.39, 0.29) is 6.61 Å². The van der Waals surface area contributed by atoms with Gasteiger partial charge in [0, 0.05) is 6.61 Å². The van der Waals surface area contributed by atoms with Crippen molar-refractivity contribution in [1.29, 1.82) is 0 Å². The van der Waals surface area contributed by atoms with Gasteiger partial charge in [0.25, 0.3) is 0 Å². The Bertz CT molecular complexity index is 423. The first kappa shape index (κ1) is 17.6. The Morgan fingerprint density at radius 3 is 2.38 bits per heavy atom. The predicted molar refractivity (Wildman–Crippen MR) is 82.9 cm³/mol. The lowest BCUT2D eigenvalue weighted by Gasteiger charge is -2.30. The smallest absolute Gasteiger partial charge is 0.244 e. The molecule has 0 heterocycles. The van der Waals surface area contributed by atoms with E-state index in [2.05, 4.69) is 19.2 Å². The Morgan fingerprint density at radius 2 is 1.86 bits per heavy atom. The lowest BCUT2D eigenvalue weighted by Crippen LogP contribution is -2.54. The zero-order valence-corrected chi connectivity index (χ0v) is 13.1. The number of nitrogens with two attached hydrogens (primary N) is 1. The zero-order valence-electron chi connectivity index (χ0n) is 13.1. The molecular weight excluding hydrogens is 268 g/mol. The van der Waals surface area contributed by atoms with Gasteiger partial charge in [-0.1, -0.05) is 44.2 Å². The van der Waals surface area contributed by atoms with Crippen LogP contribution in [0.1, 0.15) is 19.4 Å². The number of carbonyl (C=O) groups excluding carboxylic acids is 1. The summed E-state index contributed by atoms with van der Waals surface area (Å²) in [4.78, 5) is 11.9. The van der Waals surface area contributed by atoms with Crippen LogP contribution in [0.15, 0.2) is 30.3 Å². The highest BCUT2D eigenvalue weighted by atomic mass is 16.5. The SMILES string of the molecule is CNC(COCCOCC(C)C)(C(N)=O)c1ccccc1. The number of benzene rings is 1. The second-order valence-corrected chi connectivity index (χ2v) is 5.41. The first-order valence-corrected chi connectivity index (χ1v) is 7.22. The Morgan fingerprint density at radius 1 is 1.24 bits per heavy atom. The molecule has 118 valence electrons. The van der Waals surface area contributed by atoms with Crippen molar-refractivity contribution in [2.45, 2.75) is 19.4 Å². The highest BCUT2D eigenvalue weighted by Crippen LogP contribution is 2.21. The maximum atomic E-state index is 11.9. The number of amides is 1. The third kappa shape index (κ3) is 5.12. The summed E-state index contributed by atoms with van der Waals surface area (Å²) in [5, 5.41) is 3.00. The summed E-state index contributed by atoms with van der Waals surface area (Å²) in [5.74, 6) is 0.0376. The monoisotopic (exact) mass is 294 g/mol. The second-order valence-electron chi connectivity index (χ2n) is 5.41. The van der Waals surface area contributed by atoms with E-state index in [1.165, 1.54) is 0 Å². The molecule has 1 amide bonds. The van der Waals surface area contributed by atoms with Gasteiger partial charge < -0.3 is 20.5 Å². The number of nitrogens with one attached hydrogen (secondary N) is 1. The van der Waals surface area contributed by atoms with Crippen LogP contribution in [-0.2, 0) is 19.8 Å². The van der Waals surface area contributed by atoms with Crippen LogP contribution in [0.2, 0.25) is 0 Å². The fraction of sp³-hybridized carbons (Fsp3) is 0.562. The van der Waals surface area contributed by atoms with Crippen molar-refractivity contribution in [1.82, 2.24) is 5.32 Å². The number of carbonyl (C=O) groups is 1. The molecule has 5 nitrogen and oxygen atoms in total. The van der Waals surface area contributed by atoms with Crippen molar-refractivity contribution in [2.75, 3.05) is 33.5 Å². The van der Waals surface area contributed by atoms with Crippen LogP contribution < -0.4 is 11.1 Å². The Hall–Kier alpha value is -1.43. The summed E-state index contributed by atoms with van der Waals surface area (Å²) in [7, 11) is 1.70. The van der Waals surface area contributed by atoms with Crippen molar-refractivity contribution in [3.05, 3.63) is 35.9 Å². The topological polar surface area (TPSA) is 73.6 Å². The molecule has 1 atom stereocenters. The molecule has 0 aromatic heterocycles. The van der Waals surface area contributed by atoms with E-state index in [9.17, 15) is 4.79 Å². The molecule has 1 unspecified atom stereocenters. The number of hydrogen-bond donors (Lipinski definition) is 2. The summed E-state index contributed by atoms with van der Waals surface area (Å²) < 4.78 is 11.0. The Labute approximate surface area is 126 Å². The molecule has 21 heavy (non-hydrogen) atoms. The Balaban J connectivity index is 2.58. The molecule has 0 aliphatic heterocycles. The van der Waals surface area contributed by atoms with Crippen LogP contribution in [0.3, 0.4) is 0 Å². The normalized spacial score (nSPS) is 14.1. The second kappa shape index (κ2) is 8.77. The fourth-order valence-electron chi connectivity index (χ4n) is 2.02. The molecule has 0 aliphatic carbocycles. The molecule has 0 saturated carbocycles. The van der Waals surface area contributed by atoms with Crippen LogP contribution in [0, 0.1) is 5.92 Å². The van der Waals surface area contributed by atoms with Crippen LogP contribution in [-0.4, -0.2) is 39.4 Å². The van der Waals surface area contributed by atoms with Gasteiger partial charge in [0.2, 0.25) is 5.91 Å². The highest BCUT2D eigenvalue weighted by Gasteiger charge is 2.37. The maximum Gasteiger partial charge on any atom is 0.244 e. The van der Waals surface area contributed by atoms with Crippen LogP contribution in [0.5, 0.6) is 0 Å². The van der Waals surface area contributed by atoms with Gasteiger partial charge in [-0.3, -0.25) is 4.79 Å². The lowest BCUT2D eigenvalue weighted by molar-refractivity contribution is -0.127. The van der Waals surface area contributed by atoms with E-state index < -0.39 is 11.4 Å². The molecule has 0 saturated heterocycles. The van der Waals surface area contributed by atoms with Gasteiger partial charge in [-0.25, -0.2) is 0 Å². The molecule has 3 N–H and O–H groups in total. The number of hydrogen-bond acceptors (Lipinski definition) is 4. The van der Waals surface area contributed by atoms with Gasteiger partial charge >= 0.3 is 0 Å². The number of rotatable bonds is 10. The lowest BCUT2D eigenvalue weighted by atomic mass is 9.90. The molecule has 1 rings (SSSR count). The maximum absolute atomic E-state index is 11.9. The van der Waals surface area contributed by atoms with E-state index in [0.717, 1.165) is 5.56 Å².